The van der Waals surface area contributed by atoms with Crippen LogP contribution in [0.2, 0.25) is 0 Å². The van der Waals surface area contributed by atoms with Gasteiger partial charge in [-0.05, 0) is 49.2 Å². The number of nitrogens with zero attached hydrogens (tertiary/aromatic N) is 1. The Bertz CT molecular complexity index is 828. The number of aromatic carboxylic acids is 1. The molecule has 0 saturated heterocycles. The molecule has 0 unspecified atom stereocenters. The van der Waals surface area contributed by atoms with Gasteiger partial charge in [-0.3, -0.25) is 4.31 Å². The van der Waals surface area contributed by atoms with Gasteiger partial charge in [0.15, 0.2) is 0 Å². The minimum atomic E-state index is -3.81. The van der Waals surface area contributed by atoms with Gasteiger partial charge in [0, 0.05) is 7.05 Å². The maximum atomic E-state index is 12.7. The van der Waals surface area contributed by atoms with Gasteiger partial charge in [-0.1, -0.05) is 18.2 Å². The number of carbonyl (C=O) groups is 1. The minimum absolute atomic E-state index is 0.0151. The molecule has 5 nitrogen and oxygen atoms in total. The Morgan fingerprint density at radius 1 is 1.09 bits per heavy atom. The molecule has 1 N–H and O–H groups in total. The Hall–Kier alpha value is -2.34. The highest BCUT2D eigenvalue weighted by Gasteiger charge is 2.23. The summed E-state index contributed by atoms with van der Waals surface area (Å²) in [5.74, 6) is -1.15. The van der Waals surface area contributed by atoms with Crippen LogP contribution in [0, 0.1) is 13.8 Å². The third-order valence-corrected chi connectivity index (χ3v) is 5.24. The molecule has 116 valence electrons. The highest BCUT2D eigenvalue weighted by Crippen LogP contribution is 2.24. The van der Waals surface area contributed by atoms with Crippen molar-refractivity contribution in [2.75, 3.05) is 11.4 Å². The van der Waals surface area contributed by atoms with Gasteiger partial charge in [-0.15, -0.1) is 0 Å². The van der Waals surface area contributed by atoms with Crippen molar-refractivity contribution in [3.05, 3.63) is 59.2 Å². The SMILES string of the molecule is Cc1cccc(N(C)S(=O)(=O)c2ccc(C)c(C(=O)O)c2)c1. The molecule has 0 atom stereocenters. The number of aryl methyl sites for hydroxylation is 2. The van der Waals surface area contributed by atoms with E-state index in [1.54, 1.807) is 25.1 Å². The zero-order valence-corrected chi connectivity index (χ0v) is 13.4. The molecule has 22 heavy (non-hydrogen) atoms. The highest BCUT2D eigenvalue weighted by molar-refractivity contribution is 7.92. The molecule has 0 amide bonds. The first-order valence-corrected chi connectivity index (χ1v) is 8.07. The molecule has 0 saturated carbocycles. The van der Waals surface area contributed by atoms with Crippen LogP contribution in [0.15, 0.2) is 47.4 Å². The lowest BCUT2D eigenvalue weighted by Crippen LogP contribution is -2.26. The highest BCUT2D eigenvalue weighted by atomic mass is 32.2. The number of carboxylic acids is 1. The van der Waals surface area contributed by atoms with Gasteiger partial charge in [0.1, 0.15) is 0 Å². The topological polar surface area (TPSA) is 74.7 Å². The molecule has 6 heteroatoms. The van der Waals surface area contributed by atoms with Crippen molar-refractivity contribution in [1.82, 2.24) is 0 Å². The number of rotatable bonds is 4. The summed E-state index contributed by atoms with van der Waals surface area (Å²) in [6, 6.07) is 11.2. The molecule has 0 aromatic heterocycles. The van der Waals surface area contributed by atoms with Crippen molar-refractivity contribution >= 4 is 21.7 Å². The Labute approximate surface area is 129 Å². The van der Waals surface area contributed by atoms with E-state index in [1.807, 2.05) is 13.0 Å². The average molecular weight is 319 g/mol. The van der Waals surface area contributed by atoms with Crippen LogP contribution < -0.4 is 4.31 Å². The molecular weight excluding hydrogens is 302 g/mol. The first-order valence-electron chi connectivity index (χ1n) is 6.63. The molecule has 0 aliphatic rings. The third kappa shape index (κ3) is 2.96. The molecular formula is C16H17NO4S. The molecule has 2 aromatic rings. The van der Waals surface area contributed by atoms with Crippen LogP contribution in [0.3, 0.4) is 0 Å². The molecule has 0 radical (unpaired) electrons. The summed E-state index contributed by atoms with van der Waals surface area (Å²) in [4.78, 5) is 11.1. The fraction of sp³-hybridized carbons (Fsp3) is 0.188. The van der Waals surface area contributed by atoms with Crippen LogP contribution in [0.1, 0.15) is 21.5 Å². The van der Waals surface area contributed by atoms with E-state index in [0.29, 0.717) is 11.3 Å². The van der Waals surface area contributed by atoms with Crippen molar-refractivity contribution in [3.8, 4) is 0 Å². The fourth-order valence-corrected chi connectivity index (χ4v) is 3.33. The number of benzene rings is 2. The van der Waals surface area contributed by atoms with Crippen molar-refractivity contribution in [2.24, 2.45) is 0 Å². The molecule has 0 fully saturated rings. The van der Waals surface area contributed by atoms with Gasteiger partial charge in [0.25, 0.3) is 10.0 Å². The zero-order valence-electron chi connectivity index (χ0n) is 12.6. The summed E-state index contributed by atoms with van der Waals surface area (Å²) in [6.07, 6.45) is 0. The second-order valence-electron chi connectivity index (χ2n) is 5.09. The van der Waals surface area contributed by atoms with Gasteiger partial charge in [-0.2, -0.15) is 0 Å². The molecule has 0 aliphatic carbocycles. The standard InChI is InChI=1S/C16H17NO4S/c1-11-5-4-6-13(9-11)17(3)22(20,21)14-8-7-12(2)15(10-14)16(18)19/h4-10H,1-3H3,(H,18,19). The Balaban J connectivity index is 2.51. The maximum Gasteiger partial charge on any atom is 0.335 e. The first-order chi connectivity index (χ1) is 10.2. The molecule has 0 spiro atoms. The summed E-state index contributed by atoms with van der Waals surface area (Å²) in [7, 11) is -2.36. The minimum Gasteiger partial charge on any atom is -0.478 e. The normalized spacial score (nSPS) is 11.2. The Morgan fingerprint density at radius 3 is 2.36 bits per heavy atom. The number of sulfonamides is 1. The van der Waals surface area contributed by atoms with E-state index in [2.05, 4.69) is 0 Å². The van der Waals surface area contributed by atoms with E-state index >= 15 is 0 Å². The quantitative estimate of drug-likeness (QED) is 0.940. The van der Waals surface area contributed by atoms with Gasteiger partial charge >= 0.3 is 5.97 Å². The van der Waals surface area contributed by atoms with E-state index in [9.17, 15) is 13.2 Å². The van der Waals surface area contributed by atoms with Gasteiger partial charge < -0.3 is 5.11 Å². The summed E-state index contributed by atoms with van der Waals surface area (Å²) in [5, 5.41) is 9.14. The van der Waals surface area contributed by atoms with Crippen molar-refractivity contribution in [1.29, 1.82) is 0 Å². The predicted octanol–water partition coefficient (Wildman–Crippen LogP) is 2.83. The van der Waals surface area contributed by atoms with Crippen LogP contribution in [0.5, 0.6) is 0 Å². The third-order valence-electron chi connectivity index (χ3n) is 3.46. The van der Waals surface area contributed by atoms with Crippen molar-refractivity contribution in [3.63, 3.8) is 0 Å². The summed E-state index contributed by atoms with van der Waals surface area (Å²) in [5.41, 5.74) is 1.97. The smallest absolute Gasteiger partial charge is 0.335 e. The molecule has 0 heterocycles. The van der Waals surface area contributed by atoms with Crippen molar-refractivity contribution < 1.29 is 18.3 Å². The Morgan fingerprint density at radius 2 is 1.77 bits per heavy atom. The average Bonchev–Trinajstić information content (AvgIpc) is 2.46. The Kier molecular flexibility index (Phi) is 4.23. The first kappa shape index (κ1) is 16.0. The lowest BCUT2D eigenvalue weighted by molar-refractivity contribution is 0.0696. The monoisotopic (exact) mass is 319 g/mol. The zero-order chi connectivity index (χ0) is 16.5. The van der Waals surface area contributed by atoms with Crippen LogP contribution in [-0.4, -0.2) is 26.5 Å². The second kappa shape index (κ2) is 5.81. The van der Waals surface area contributed by atoms with E-state index in [0.717, 1.165) is 9.87 Å². The number of anilines is 1. The number of hydrogen-bond donors (Lipinski definition) is 1. The molecule has 0 aliphatic heterocycles. The summed E-state index contributed by atoms with van der Waals surface area (Å²) >= 11 is 0. The van der Waals surface area contributed by atoms with Gasteiger partial charge in [-0.25, -0.2) is 13.2 Å². The number of hydrogen-bond acceptors (Lipinski definition) is 3. The second-order valence-corrected chi connectivity index (χ2v) is 7.06. The van der Waals surface area contributed by atoms with Crippen LogP contribution in [0.4, 0.5) is 5.69 Å². The number of carboxylic acid groups (broad SMARTS) is 1. The molecule has 2 rings (SSSR count). The van der Waals surface area contributed by atoms with Gasteiger partial charge in [0.2, 0.25) is 0 Å². The molecule has 2 aromatic carbocycles. The van der Waals surface area contributed by atoms with Crippen LogP contribution in [-0.2, 0) is 10.0 Å². The van der Waals surface area contributed by atoms with E-state index in [4.69, 9.17) is 5.11 Å². The maximum absolute atomic E-state index is 12.7. The van der Waals surface area contributed by atoms with Gasteiger partial charge in [0.05, 0.1) is 16.1 Å². The van der Waals surface area contributed by atoms with Crippen LogP contribution in [0.25, 0.3) is 0 Å². The summed E-state index contributed by atoms with van der Waals surface area (Å²) in [6.45, 7) is 3.50. The predicted molar refractivity (Wildman–Crippen MR) is 84.9 cm³/mol. The lowest BCUT2D eigenvalue weighted by atomic mass is 10.1. The fourth-order valence-electron chi connectivity index (χ4n) is 2.11. The van der Waals surface area contributed by atoms with E-state index in [-0.39, 0.29) is 10.5 Å². The van der Waals surface area contributed by atoms with Crippen LogP contribution >= 0.6 is 0 Å². The molecule has 0 bridgehead atoms. The largest absolute Gasteiger partial charge is 0.478 e. The lowest BCUT2D eigenvalue weighted by Gasteiger charge is -2.20. The summed E-state index contributed by atoms with van der Waals surface area (Å²) < 4.78 is 26.5. The van der Waals surface area contributed by atoms with E-state index in [1.165, 1.54) is 25.2 Å². The van der Waals surface area contributed by atoms with Crippen molar-refractivity contribution in [2.45, 2.75) is 18.7 Å². The van der Waals surface area contributed by atoms with E-state index < -0.39 is 16.0 Å².